The van der Waals surface area contributed by atoms with Crippen LogP contribution in [-0.2, 0) is 12.8 Å². The minimum Gasteiger partial charge on any atom is -0.507 e. The topological polar surface area (TPSA) is 138 Å². The zero-order valence-corrected chi connectivity index (χ0v) is 17.4. The van der Waals surface area contributed by atoms with E-state index in [9.17, 15) is 5.11 Å². The SMILES string of the molecule is Cc1nc(N[C@@H]2CCCN(CCc3nnn[nH]3)C2)nnc1-c1ccc2c(c1O)CCO2. The van der Waals surface area contributed by atoms with Crippen LogP contribution in [0.4, 0.5) is 5.95 Å². The molecule has 2 aliphatic heterocycles. The number of ether oxygens (including phenoxy) is 1. The average molecular weight is 423 g/mol. The highest BCUT2D eigenvalue weighted by molar-refractivity contribution is 5.72. The Labute approximate surface area is 179 Å². The molecule has 0 spiro atoms. The van der Waals surface area contributed by atoms with Crippen molar-refractivity contribution in [3.63, 3.8) is 0 Å². The lowest BCUT2D eigenvalue weighted by Gasteiger charge is -2.32. The van der Waals surface area contributed by atoms with E-state index in [1.165, 1.54) is 0 Å². The molecule has 0 bridgehead atoms. The lowest BCUT2D eigenvalue weighted by molar-refractivity contribution is 0.217. The molecule has 4 heterocycles. The second-order valence-electron chi connectivity index (χ2n) is 7.99. The second kappa shape index (κ2) is 8.42. The Morgan fingerprint density at radius 1 is 1.29 bits per heavy atom. The average Bonchev–Trinajstić information content (AvgIpc) is 3.46. The van der Waals surface area contributed by atoms with Gasteiger partial charge < -0.3 is 20.1 Å². The number of nitrogens with zero attached hydrogens (tertiary/aromatic N) is 7. The van der Waals surface area contributed by atoms with Gasteiger partial charge in [0, 0.05) is 43.1 Å². The Bertz CT molecular complexity index is 1060. The number of aryl methyl sites for hydroxylation is 1. The van der Waals surface area contributed by atoms with Crippen molar-refractivity contribution in [3.05, 3.63) is 29.2 Å². The number of aromatic hydroxyl groups is 1. The first-order chi connectivity index (χ1) is 15.2. The van der Waals surface area contributed by atoms with Crippen LogP contribution in [0.1, 0.15) is 29.9 Å². The minimum absolute atomic E-state index is 0.208. The molecule has 1 atom stereocenters. The lowest BCUT2D eigenvalue weighted by atomic mass is 10.0. The molecule has 2 aromatic heterocycles. The van der Waals surface area contributed by atoms with Crippen LogP contribution in [0.15, 0.2) is 12.1 Å². The number of anilines is 1. The number of piperidine rings is 1. The second-order valence-corrected chi connectivity index (χ2v) is 7.99. The number of nitrogens with one attached hydrogen (secondary N) is 2. The van der Waals surface area contributed by atoms with Crippen LogP contribution in [0.3, 0.4) is 0 Å². The van der Waals surface area contributed by atoms with Gasteiger partial charge in [0.05, 0.1) is 12.3 Å². The highest BCUT2D eigenvalue weighted by Crippen LogP contribution is 2.40. The van der Waals surface area contributed by atoms with Gasteiger partial charge in [0.2, 0.25) is 5.95 Å². The molecule has 31 heavy (non-hydrogen) atoms. The molecule has 0 aliphatic carbocycles. The molecule has 11 nitrogen and oxygen atoms in total. The van der Waals surface area contributed by atoms with Crippen molar-refractivity contribution in [2.75, 3.05) is 31.6 Å². The molecule has 1 aromatic carbocycles. The number of phenolic OH excluding ortho intramolecular Hbond substituents is 1. The van der Waals surface area contributed by atoms with E-state index in [1.54, 1.807) is 0 Å². The normalized spacial score (nSPS) is 18.5. The zero-order chi connectivity index (χ0) is 21.2. The number of hydrogen-bond acceptors (Lipinski definition) is 10. The molecule has 0 saturated carbocycles. The summed E-state index contributed by atoms with van der Waals surface area (Å²) < 4.78 is 5.51. The standard InChI is InChI=1S/C20H25N9O2/c1-12-18(15-4-5-16-14(19(15)30)7-10-31-16)25-26-20(21-12)22-13-3-2-8-29(11-13)9-6-17-23-27-28-24-17/h4-5,13,30H,2-3,6-11H2,1H3,(H,21,22,26)(H,23,24,27,28)/t13-/m1/s1. The zero-order valence-electron chi connectivity index (χ0n) is 17.4. The van der Waals surface area contributed by atoms with Crippen molar-refractivity contribution in [2.24, 2.45) is 0 Å². The number of tetrazole rings is 1. The molecule has 1 saturated heterocycles. The molecule has 0 unspecified atom stereocenters. The maximum Gasteiger partial charge on any atom is 0.243 e. The number of aromatic amines is 1. The molecular weight excluding hydrogens is 398 g/mol. The van der Waals surface area contributed by atoms with Crippen LogP contribution in [0.25, 0.3) is 11.3 Å². The van der Waals surface area contributed by atoms with Crippen molar-refractivity contribution in [3.8, 4) is 22.8 Å². The molecule has 0 amide bonds. The summed E-state index contributed by atoms with van der Waals surface area (Å²) >= 11 is 0. The van der Waals surface area contributed by atoms with E-state index >= 15 is 0 Å². The van der Waals surface area contributed by atoms with E-state index in [-0.39, 0.29) is 11.8 Å². The third kappa shape index (κ3) is 4.13. The van der Waals surface area contributed by atoms with Gasteiger partial charge in [-0.15, -0.1) is 15.3 Å². The van der Waals surface area contributed by atoms with E-state index in [2.05, 4.69) is 46.0 Å². The summed E-state index contributed by atoms with van der Waals surface area (Å²) in [5, 5.41) is 36.7. The number of phenols is 1. The van der Waals surface area contributed by atoms with Crippen LogP contribution in [0.2, 0.25) is 0 Å². The van der Waals surface area contributed by atoms with Gasteiger partial charge in [0.15, 0.2) is 0 Å². The maximum absolute atomic E-state index is 10.7. The smallest absolute Gasteiger partial charge is 0.243 e. The number of benzene rings is 1. The summed E-state index contributed by atoms with van der Waals surface area (Å²) in [6, 6.07) is 3.93. The number of aromatic nitrogens is 7. The third-order valence-electron chi connectivity index (χ3n) is 5.86. The van der Waals surface area contributed by atoms with Crippen molar-refractivity contribution in [1.29, 1.82) is 0 Å². The van der Waals surface area contributed by atoms with Crippen LogP contribution >= 0.6 is 0 Å². The first-order valence-electron chi connectivity index (χ1n) is 10.6. The summed E-state index contributed by atoms with van der Waals surface area (Å²) in [5.41, 5.74) is 2.77. The molecule has 11 heteroatoms. The number of rotatable bonds is 6. The third-order valence-corrected chi connectivity index (χ3v) is 5.86. The monoisotopic (exact) mass is 423 g/mol. The van der Waals surface area contributed by atoms with Crippen molar-refractivity contribution < 1.29 is 9.84 Å². The molecule has 1 fully saturated rings. The molecule has 0 radical (unpaired) electrons. The van der Waals surface area contributed by atoms with Gasteiger partial charge in [-0.25, -0.2) is 10.1 Å². The number of fused-ring (bicyclic) bond motifs is 1. The lowest BCUT2D eigenvalue weighted by Crippen LogP contribution is -2.43. The molecule has 162 valence electrons. The summed E-state index contributed by atoms with van der Waals surface area (Å²) in [6.07, 6.45) is 3.64. The van der Waals surface area contributed by atoms with Crippen molar-refractivity contribution >= 4 is 5.95 Å². The fourth-order valence-electron chi connectivity index (χ4n) is 4.27. The Balaban J connectivity index is 1.25. The van der Waals surface area contributed by atoms with Crippen LogP contribution < -0.4 is 10.1 Å². The molecular formula is C20H25N9O2. The van der Waals surface area contributed by atoms with Gasteiger partial charge >= 0.3 is 0 Å². The first-order valence-corrected chi connectivity index (χ1v) is 10.6. The Morgan fingerprint density at radius 3 is 3.06 bits per heavy atom. The van der Waals surface area contributed by atoms with E-state index in [1.807, 2.05) is 19.1 Å². The van der Waals surface area contributed by atoms with E-state index in [0.29, 0.717) is 30.2 Å². The van der Waals surface area contributed by atoms with Crippen LogP contribution in [0.5, 0.6) is 11.5 Å². The summed E-state index contributed by atoms with van der Waals surface area (Å²) in [4.78, 5) is 7.00. The van der Waals surface area contributed by atoms with Crippen molar-refractivity contribution in [1.82, 2.24) is 40.7 Å². The molecule has 5 rings (SSSR count). The first kappa shape index (κ1) is 19.6. The van der Waals surface area contributed by atoms with Gasteiger partial charge in [-0.1, -0.05) is 0 Å². The molecule has 3 N–H and O–H groups in total. The number of likely N-dealkylation sites (tertiary alicyclic amines) is 1. The summed E-state index contributed by atoms with van der Waals surface area (Å²) in [5.74, 6) is 2.26. The number of hydrogen-bond donors (Lipinski definition) is 3. The quantitative estimate of drug-likeness (QED) is 0.529. The Morgan fingerprint density at radius 2 is 2.23 bits per heavy atom. The van der Waals surface area contributed by atoms with Gasteiger partial charge in [-0.05, 0) is 48.9 Å². The Hall–Kier alpha value is -3.34. The van der Waals surface area contributed by atoms with E-state index < -0.39 is 0 Å². The number of H-pyrrole nitrogens is 1. The van der Waals surface area contributed by atoms with Crippen LogP contribution in [0, 0.1) is 6.92 Å². The molecule has 2 aliphatic rings. The Kier molecular flexibility index (Phi) is 5.33. The predicted molar refractivity (Wildman–Crippen MR) is 112 cm³/mol. The predicted octanol–water partition coefficient (Wildman–Crippen LogP) is 1.12. The van der Waals surface area contributed by atoms with Gasteiger partial charge in [-0.2, -0.15) is 0 Å². The van der Waals surface area contributed by atoms with Gasteiger partial charge in [0.25, 0.3) is 0 Å². The fraction of sp³-hybridized carbons (Fsp3) is 0.500. The van der Waals surface area contributed by atoms with E-state index in [0.717, 1.165) is 61.7 Å². The minimum atomic E-state index is 0.208. The summed E-state index contributed by atoms with van der Waals surface area (Å²) in [6.45, 7) is 5.33. The maximum atomic E-state index is 10.7. The largest absolute Gasteiger partial charge is 0.507 e. The summed E-state index contributed by atoms with van der Waals surface area (Å²) in [7, 11) is 0. The van der Waals surface area contributed by atoms with Gasteiger partial charge in [-0.3, -0.25) is 0 Å². The van der Waals surface area contributed by atoms with E-state index in [4.69, 9.17) is 4.74 Å². The highest BCUT2D eigenvalue weighted by Gasteiger charge is 2.23. The van der Waals surface area contributed by atoms with Gasteiger partial charge in [0.1, 0.15) is 23.0 Å². The molecule has 3 aromatic rings. The fourth-order valence-corrected chi connectivity index (χ4v) is 4.27. The van der Waals surface area contributed by atoms with Crippen molar-refractivity contribution in [2.45, 2.75) is 38.6 Å². The highest BCUT2D eigenvalue weighted by atomic mass is 16.5. The van der Waals surface area contributed by atoms with Crippen LogP contribution in [-0.4, -0.2) is 78.1 Å².